The van der Waals surface area contributed by atoms with Gasteiger partial charge in [-0.15, -0.1) is 0 Å². The molecule has 0 aliphatic carbocycles. The lowest BCUT2D eigenvalue weighted by atomic mass is 10.0. The number of rotatable bonds is 5. The van der Waals surface area contributed by atoms with Crippen molar-refractivity contribution in [1.82, 2.24) is 0 Å². The van der Waals surface area contributed by atoms with Gasteiger partial charge in [0.1, 0.15) is 5.82 Å². The molecular weight excluding hydrogens is 263 g/mol. The van der Waals surface area contributed by atoms with Gasteiger partial charge >= 0.3 is 5.97 Å². The first-order chi connectivity index (χ1) is 9.26. The van der Waals surface area contributed by atoms with Crippen LogP contribution in [0.4, 0.5) is 4.39 Å². The molecule has 20 heavy (non-hydrogen) atoms. The lowest BCUT2D eigenvalue weighted by molar-refractivity contribution is -0.137. The molecule has 4 nitrogen and oxygen atoms in total. The van der Waals surface area contributed by atoms with Crippen molar-refractivity contribution in [2.75, 3.05) is 6.61 Å². The molecule has 0 aliphatic rings. The molecule has 0 aromatic heterocycles. The van der Waals surface area contributed by atoms with Crippen LogP contribution >= 0.6 is 0 Å². The Morgan fingerprint density at radius 3 is 2.45 bits per heavy atom. The van der Waals surface area contributed by atoms with E-state index in [0.29, 0.717) is 0 Å². The lowest BCUT2D eigenvalue weighted by Gasteiger charge is -2.20. The van der Waals surface area contributed by atoms with Gasteiger partial charge < -0.3 is 9.47 Å². The molecule has 0 heterocycles. The second kappa shape index (κ2) is 6.61. The Balaban J connectivity index is 3.05. The highest BCUT2D eigenvalue weighted by Crippen LogP contribution is 2.19. The smallest absolute Gasteiger partial charge is 0.379 e. The Hall–Kier alpha value is -1.75. The number of benzene rings is 1. The highest BCUT2D eigenvalue weighted by molar-refractivity contribution is 6.41. The molecule has 0 bridgehead atoms. The number of Topliss-reactive ketones (excluding diaryl/α,β-unsaturated/α-hetero) is 1. The van der Waals surface area contributed by atoms with Crippen molar-refractivity contribution in [3.63, 3.8) is 0 Å². The summed E-state index contributed by atoms with van der Waals surface area (Å²) >= 11 is 0. The molecule has 1 aromatic rings. The van der Waals surface area contributed by atoms with Gasteiger partial charge in [-0.25, -0.2) is 9.18 Å². The first kappa shape index (κ1) is 16.3. The first-order valence-electron chi connectivity index (χ1n) is 6.39. The molecule has 1 aromatic carbocycles. The Labute approximate surface area is 117 Å². The van der Waals surface area contributed by atoms with Gasteiger partial charge in [-0.05, 0) is 33.8 Å². The van der Waals surface area contributed by atoms with Crippen molar-refractivity contribution in [2.24, 2.45) is 0 Å². The van der Waals surface area contributed by atoms with Crippen LogP contribution in [-0.2, 0) is 20.9 Å². The molecule has 0 N–H and O–H groups in total. The summed E-state index contributed by atoms with van der Waals surface area (Å²) in [6.45, 7) is 7.06. The van der Waals surface area contributed by atoms with Gasteiger partial charge in [0.15, 0.2) is 0 Å². The summed E-state index contributed by atoms with van der Waals surface area (Å²) in [5.74, 6) is -2.43. The minimum atomic E-state index is -0.991. The molecular formula is C15H19FO4. The van der Waals surface area contributed by atoms with E-state index in [1.807, 2.05) is 20.8 Å². The third kappa shape index (κ3) is 4.42. The molecule has 1 rings (SSSR count). The lowest BCUT2D eigenvalue weighted by Crippen LogP contribution is -2.23. The van der Waals surface area contributed by atoms with Gasteiger partial charge in [0.2, 0.25) is 0 Å². The Kier molecular flexibility index (Phi) is 5.39. The third-order valence-electron chi connectivity index (χ3n) is 2.47. The number of hydrogen-bond donors (Lipinski definition) is 0. The predicted molar refractivity (Wildman–Crippen MR) is 71.9 cm³/mol. The van der Waals surface area contributed by atoms with Crippen molar-refractivity contribution in [3.05, 3.63) is 35.1 Å². The molecule has 0 atom stereocenters. The highest BCUT2D eigenvalue weighted by Gasteiger charge is 2.23. The summed E-state index contributed by atoms with van der Waals surface area (Å²) in [6, 6.07) is 4.00. The van der Waals surface area contributed by atoms with Crippen LogP contribution in [-0.4, -0.2) is 24.0 Å². The second-order valence-electron chi connectivity index (χ2n) is 5.22. The van der Waals surface area contributed by atoms with Gasteiger partial charge in [0.25, 0.3) is 5.78 Å². The van der Waals surface area contributed by atoms with Crippen molar-refractivity contribution in [3.8, 4) is 0 Å². The van der Waals surface area contributed by atoms with Gasteiger partial charge in [-0.3, -0.25) is 4.79 Å². The van der Waals surface area contributed by atoms with Crippen LogP contribution in [0.15, 0.2) is 18.2 Å². The molecule has 110 valence electrons. The van der Waals surface area contributed by atoms with E-state index in [0.717, 1.165) is 0 Å². The van der Waals surface area contributed by atoms with Crippen LogP contribution in [0, 0.1) is 5.82 Å². The standard InChI is InChI=1S/C15H19FO4/c1-5-19-14(18)13(17)10-7-6-8-12(16)11(10)9-20-15(2,3)4/h6-8H,5,9H2,1-4H3. The summed E-state index contributed by atoms with van der Waals surface area (Å²) < 4.78 is 24.0. The summed E-state index contributed by atoms with van der Waals surface area (Å²) in [4.78, 5) is 23.4. The molecule has 0 spiro atoms. The fourth-order valence-electron chi connectivity index (χ4n) is 1.51. The predicted octanol–water partition coefficient (Wildman–Crippen LogP) is 2.89. The fourth-order valence-corrected chi connectivity index (χ4v) is 1.51. The van der Waals surface area contributed by atoms with E-state index in [-0.39, 0.29) is 24.3 Å². The van der Waals surface area contributed by atoms with Gasteiger partial charge in [0.05, 0.1) is 18.8 Å². The molecule has 0 amide bonds. The summed E-state index contributed by atoms with van der Waals surface area (Å²) in [5, 5.41) is 0. The van der Waals surface area contributed by atoms with Crippen molar-refractivity contribution in [1.29, 1.82) is 0 Å². The molecule has 0 saturated carbocycles. The normalized spacial score (nSPS) is 11.2. The van der Waals surface area contributed by atoms with Crippen LogP contribution in [0.25, 0.3) is 0 Å². The van der Waals surface area contributed by atoms with Crippen molar-refractivity contribution < 1.29 is 23.5 Å². The fraction of sp³-hybridized carbons (Fsp3) is 0.467. The third-order valence-corrected chi connectivity index (χ3v) is 2.47. The van der Waals surface area contributed by atoms with Gasteiger partial charge in [-0.2, -0.15) is 0 Å². The first-order valence-corrected chi connectivity index (χ1v) is 6.39. The number of carbonyl (C=O) groups is 2. The SMILES string of the molecule is CCOC(=O)C(=O)c1cccc(F)c1COC(C)(C)C. The Morgan fingerprint density at radius 1 is 1.25 bits per heavy atom. The molecule has 5 heteroatoms. The van der Waals surface area contributed by atoms with Crippen LogP contribution < -0.4 is 0 Å². The van der Waals surface area contributed by atoms with Crippen molar-refractivity contribution >= 4 is 11.8 Å². The average Bonchev–Trinajstić information content (AvgIpc) is 2.35. The largest absolute Gasteiger partial charge is 0.460 e. The summed E-state index contributed by atoms with van der Waals surface area (Å²) in [5.41, 5.74) is -0.430. The number of carbonyl (C=O) groups excluding carboxylic acids is 2. The van der Waals surface area contributed by atoms with Gasteiger partial charge in [0, 0.05) is 11.1 Å². The Morgan fingerprint density at radius 2 is 1.90 bits per heavy atom. The zero-order valence-corrected chi connectivity index (χ0v) is 12.2. The van der Waals surface area contributed by atoms with Crippen LogP contribution in [0.1, 0.15) is 43.6 Å². The molecule has 0 unspecified atom stereocenters. The maximum absolute atomic E-state index is 13.9. The Bertz CT molecular complexity index is 503. The zero-order valence-electron chi connectivity index (χ0n) is 12.2. The van der Waals surface area contributed by atoms with E-state index in [4.69, 9.17) is 4.74 Å². The minimum Gasteiger partial charge on any atom is -0.460 e. The maximum Gasteiger partial charge on any atom is 0.379 e. The summed E-state index contributed by atoms with van der Waals surface area (Å²) in [7, 11) is 0. The van der Waals surface area contributed by atoms with E-state index in [1.54, 1.807) is 6.92 Å². The number of ether oxygens (including phenoxy) is 2. The van der Waals surface area contributed by atoms with E-state index >= 15 is 0 Å². The quantitative estimate of drug-likeness (QED) is 0.473. The number of ketones is 1. The van der Waals surface area contributed by atoms with Gasteiger partial charge in [-0.1, -0.05) is 12.1 Å². The van der Waals surface area contributed by atoms with E-state index < -0.39 is 23.2 Å². The topological polar surface area (TPSA) is 52.6 Å². The monoisotopic (exact) mass is 282 g/mol. The molecule has 0 fully saturated rings. The highest BCUT2D eigenvalue weighted by atomic mass is 19.1. The van der Waals surface area contributed by atoms with E-state index in [1.165, 1.54) is 18.2 Å². The average molecular weight is 282 g/mol. The molecule has 0 saturated heterocycles. The number of halogens is 1. The van der Waals surface area contributed by atoms with E-state index in [2.05, 4.69) is 4.74 Å². The zero-order chi connectivity index (χ0) is 15.3. The summed E-state index contributed by atoms with van der Waals surface area (Å²) in [6.07, 6.45) is 0. The van der Waals surface area contributed by atoms with Crippen LogP contribution in [0.3, 0.4) is 0 Å². The maximum atomic E-state index is 13.9. The molecule has 0 radical (unpaired) electrons. The second-order valence-corrected chi connectivity index (χ2v) is 5.22. The van der Waals surface area contributed by atoms with Crippen LogP contribution in [0.2, 0.25) is 0 Å². The van der Waals surface area contributed by atoms with E-state index in [9.17, 15) is 14.0 Å². The van der Waals surface area contributed by atoms with Crippen molar-refractivity contribution in [2.45, 2.75) is 39.9 Å². The van der Waals surface area contributed by atoms with Crippen LogP contribution in [0.5, 0.6) is 0 Å². The molecule has 0 aliphatic heterocycles. The number of esters is 1. The minimum absolute atomic E-state index is 0.0206. The number of hydrogen-bond acceptors (Lipinski definition) is 4.